The van der Waals surface area contributed by atoms with Gasteiger partial charge in [0.1, 0.15) is 5.82 Å². The fourth-order valence-electron chi connectivity index (χ4n) is 2.25. The molecule has 142 valence electrons. The van der Waals surface area contributed by atoms with Gasteiger partial charge in [-0.25, -0.2) is 4.39 Å². The van der Waals surface area contributed by atoms with E-state index in [1.807, 2.05) is 0 Å². The van der Waals surface area contributed by atoms with Gasteiger partial charge in [0.05, 0.1) is 6.54 Å². The zero-order chi connectivity index (χ0) is 18.8. The zero-order valence-corrected chi connectivity index (χ0v) is 17.3. The van der Waals surface area contributed by atoms with E-state index in [2.05, 4.69) is 26.9 Å². The fraction of sp³-hybridized carbons (Fsp3) is 0.200. The van der Waals surface area contributed by atoms with Crippen molar-refractivity contribution < 1.29 is 9.18 Å². The van der Waals surface area contributed by atoms with Crippen molar-refractivity contribution in [2.24, 2.45) is 4.99 Å². The maximum atomic E-state index is 12.9. The Bertz CT molecular complexity index is 815. The molecule has 2 aromatic carbocycles. The molecule has 7 heteroatoms. The molecule has 0 fully saturated rings. The lowest BCUT2D eigenvalue weighted by molar-refractivity contribution is -0.115. The molecular formula is C20H22FIN4O. The van der Waals surface area contributed by atoms with Gasteiger partial charge in [0.15, 0.2) is 5.96 Å². The summed E-state index contributed by atoms with van der Waals surface area (Å²) in [6.07, 6.45) is 6.06. The Kier molecular flexibility index (Phi) is 9.90. The third-order valence-corrected chi connectivity index (χ3v) is 3.57. The van der Waals surface area contributed by atoms with Gasteiger partial charge in [-0.2, -0.15) is 0 Å². The van der Waals surface area contributed by atoms with E-state index in [0.29, 0.717) is 30.2 Å². The quantitative estimate of drug-likeness (QED) is 0.258. The van der Waals surface area contributed by atoms with Crippen molar-refractivity contribution in [3.8, 4) is 12.3 Å². The van der Waals surface area contributed by atoms with Gasteiger partial charge in [0.25, 0.3) is 0 Å². The van der Waals surface area contributed by atoms with Crippen LogP contribution in [0, 0.1) is 18.2 Å². The first-order chi connectivity index (χ1) is 12.6. The monoisotopic (exact) mass is 480 g/mol. The summed E-state index contributed by atoms with van der Waals surface area (Å²) in [4.78, 5) is 16.1. The maximum absolute atomic E-state index is 12.9. The lowest BCUT2D eigenvalue weighted by atomic mass is 10.1. The number of carbonyl (C=O) groups is 1. The first-order valence-corrected chi connectivity index (χ1v) is 8.16. The fourth-order valence-corrected chi connectivity index (χ4v) is 2.25. The average Bonchev–Trinajstić information content (AvgIpc) is 2.66. The van der Waals surface area contributed by atoms with E-state index in [9.17, 15) is 9.18 Å². The third kappa shape index (κ3) is 8.09. The number of anilines is 1. The maximum Gasteiger partial charge on any atom is 0.243 e. The van der Waals surface area contributed by atoms with Crippen LogP contribution in [0.1, 0.15) is 11.1 Å². The van der Waals surface area contributed by atoms with Crippen LogP contribution in [-0.4, -0.2) is 32.0 Å². The first-order valence-electron chi connectivity index (χ1n) is 8.16. The van der Waals surface area contributed by atoms with E-state index in [-0.39, 0.29) is 42.2 Å². The number of aliphatic imine (C=N–C) groups is 1. The molecule has 0 aliphatic carbocycles. The number of nitrogens with zero attached hydrogens (tertiary/aromatic N) is 1. The highest BCUT2D eigenvalue weighted by molar-refractivity contribution is 14.0. The van der Waals surface area contributed by atoms with Crippen LogP contribution in [0.25, 0.3) is 0 Å². The molecule has 0 atom stereocenters. The van der Waals surface area contributed by atoms with E-state index < -0.39 is 0 Å². The van der Waals surface area contributed by atoms with E-state index in [4.69, 9.17) is 6.42 Å². The molecule has 0 radical (unpaired) electrons. The molecule has 2 rings (SSSR count). The van der Waals surface area contributed by atoms with Crippen molar-refractivity contribution >= 4 is 41.5 Å². The van der Waals surface area contributed by atoms with Gasteiger partial charge >= 0.3 is 0 Å². The molecule has 0 aliphatic heterocycles. The number of carbonyl (C=O) groups excluding carboxylic acids is 1. The first kappa shape index (κ1) is 22.4. The number of nitrogens with one attached hydrogen (secondary N) is 3. The molecule has 5 nitrogen and oxygen atoms in total. The van der Waals surface area contributed by atoms with Crippen LogP contribution in [-0.2, 0) is 11.2 Å². The van der Waals surface area contributed by atoms with E-state index in [0.717, 1.165) is 5.56 Å². The second kappa shape index (κ2) is 11.9. The molecule has 3 N–H and O–H groups in total. The zero-order valence-electron chi connectivity index (χ0n) is 15.0. The molecule has 0 heterocycles. The van der Waals surface area contributed by atoms with Crippen LogP contribution in [0.3, 0.4) is 0 Å². The Hall–Kier alpha value is -2.60. The Balaban J connectivity index is 0.00000364. The minimum atomic E-state index is -0.252. The van der Waals surface area contributed by atoms with E-state index in [1.54, 1.807) is 43.4 Å². The highest BCUT2D eigenvalue weighted by atomic mass is 127. The lowest BCUT2D eigenvalue weighted by Gasteiger charge is -2.12. The second-order valence-electron chi connectivity index (χ2n) is 5.50. The van der Waals surface area contributed by atoms with Gasteiger partial charge in [-0.1, -0.05) is 24.1 Å². The summed E-state index contributed by atoms with van der Waals surface area (Å²) in [5, 5.41) is 8.82. The number of rotatable bonds is 6. The van der Waals surface area contributed by atoms with Gasteiger partial charge in [0.2, 0.25) is 5.91 Å². The summed E-state index contributed by atoms with van der Waals surface area (Å²) in [6.45, 7) is 0.674. The molecule has 0 aliphatic rings. The topological polar surface area (TPSA) is 65.5 Å². The van der Waals surface area contributed by atoms with Crippen LogP contribution < -0.4 is 16.0 Å². The van der Waals surface area contributed by atoms with Crippen molar-refractivity contribution in [1.29, 1.82) is 0 Å². The van der Waals surface area contributed by atoms with Crippen molar-refractivity contribution in [3.63, 3.8) is 0 Å². The highest BCUT2D eigenvalue weighted by Crippen LogP contribution is 2.09. The Morgan fingerprint density at radius 3 is 2.59 bits per heavy atom. The van der Waals surface area contributed by atoms with E-state index in [1.165, 1.54) is 12.1 Å². The summed E-state index contributed by atoms with van der Waals surface area (Å²) in [7, 11) is 1.63. The van der Waals surface area contributed by atoms with Crippen LogP contribution >= 0.6 is 24.0 Å². The lowest BCUT2D eigenvalue weighted by Crippen LogP contribution is -2.42. The molecule has 27 heavy (non-hydrogen) atoms. The van der Waals surface area contributed by atoms with Crippen molar-refractivity contribution in [2.45, 2.75) is 6.42 Å². The van der Waals surface area contributed by atoms with Crippen molar-refractivity contribution in [1.82, 2.24) is 10.6 Å². The summed E-state index contributed by atoms with van der Waals surface area (Å²) < 4.78 is 12.9. The van der Waals surface area contributed by atoms with E-state index >= 15 is 0 Å². The van der Waals surface area contributed by atoms with Gasteiger partial charge in [-0.05, 0) is 42.3 Å². The molecule has 0 spiro atoms. The number of halogens is 2. The largest absolute Gasteiger partial charge is 0.356 e. The normalized spacial score (nSPS) is 10.3. The minimum absolute atomic E-state index is 0. The van der Waals surface area contributed by atoms with Crippen molar-refractivity contribution in [2.75, 3.05) is 25.5 Å². The van der Waals surface area contributed by atoms with Gasteiger partial charge in [-0.3, -0.25) is 9.79 Å². The Labute approximate surface area is 175 Å². The predicted octanol–water partition coefficient (Wildman–Crippen LogP) is 2.77. The Morgan fingerprint density at radius 1 is 1.19 bits per heavy atom. The van der Waals surface area contributed by atoms with Crippen LogP contribution in [0.5, 0.6) is 0 Å². The number of hydrogen-bond donors (Lipinski definition) is 3. The summed E-state index contributed by atoms with van der Waals surface area (Å²) in [6, 6.07) is 13.4. The molecule has 0 saturated carbocycles. The van der Waals surface area contributed by atoms with Gasteiger partial charge in [-0.15, -0.1) is 30.4 Å². The molecular weight excluding hydrogens is 458 g/mol. The standard InChI is InChI=1S/C20H21FN4O.HI/c1-3-15-5-4-6-18(13-15)25-19(26)14-24-20(22-2)23-12-11-16-7-9-17(21)10-8-16;/h1,4-10,13H,11-12,14H2,2H3,(H,25,26)(H2,22,23,24);1H. The summed E-state index contributed by atoms with van der Waals surface area (Å²) >= 11 is 0. The molecule has 1 amide bonds. The molecule has 2 aromatic rings. The number of amides is 1. The second-order valence-corrected chi connectivity index (χ2v) is 5.50. The highest BCUT2D eigenvalue weighted by Gasteiger charge is 2.05. The average molecular weight is 480 g/mol. The third-order valence-electron chi connectivity index (χ3n) is 3.57. The number of terminal acetylenes is 1. The molecule has 0 unspecified atom stereocenters. The smallest absolute Gasteiger partial charge is 0.243 e. The number of hydrogen-bond acceptors (Lipinski definition) is 2. The van der Waals surface area contributed by atoms with Gasteiger partial charge < -0.3 is 16.0 Å². The number of benzene rings is 2. The molecule has 0 saturated heterocycles. The summed E-state index contributed by atoms with van der Waals surface area (Å²) in [5.74, 6) is 2.58. The predicted molar refractivity (Wildman–Crippen MR) is 118 cm³/mol. The molecule has 0 aromatic heterocycles. The van der Waals surface area contributed by atoms with Gasteiger partial charge in [0, 0.05) is 24.8 Å². The van der Waals surface area contributed by atoms with Crippen LogP contribution in [0.4, 0.5) is 10.1 Å². The van der Waals surface area contributed by atoms with Crippen molar-refractivity contribution in [3.05, 3.63) is 65.5 Å². The SMILES string of the molecule is C#Cc1cccc(NC(=O)CNC(=NC)NCCc2ccc(F)cc2)c1.I. The summed E-state index contributed by atoms with van der Waals surface area (Å²) in [5.41, 5.74) is 2.36. The van der Waals surface area contributed by atoms with Crippen LogP contribution in [0.2, 0.25) is 0 Å². The van der Waals surface area contributed by atoms with Crippen LogP contribution in [0.15, 0.2) is 53.5 Å². The Morgan fingerprint density at radius 2 is 1.93 bits per heavy atom. The molecule has 0 bridgehead atoms. The number of guanidine groups is 1. The minimum Gasteiger partial charge on any atom is -0.356 e.